The second kappa shape index (κ2) is 3.77. The van der Waals surface area contributed by atoms with E-state index < -0.39 is 0 Å². The molecule has 0 aromatic rings. The molecule has 0 radical (unpaired) electrons. The highest BCUT2D eigenvalue weighted by Crippen LogP contribution is 2.27. The standard InChI is InChI=1S/C8H16N4S/c9-11-8(13)10-7-5-12-3-1-6(7)2-4-12/h6-7H,1-5,9H2,(H2,10,11,13). The molecule has 4 N–H and O–H groups in total. The Labute approximate surface area is 83.8 Å². The lowest BCUT2D eigenvalue weighted by molar-refractivity contribution is 0.0812. The third-order valence-corrected chi connectivity index (χ3v) is 3.34. The van der Waals surface area contributed by atoms with Crippen LogP contribution in [-0.4, -0.2) is 35.7 Å². The molecule has 1 atom stereocenters. The summed E-state index contributed by atoms with van der Waals surface area (Å²) >= 11 is 4.99. The first-order valence-corrected chi connectivity index (χ1v) is 5.20. The number of nitrogens with two attached hydrogens (primary N) is 1. The first-order valence-electron chi connectivity index (χ1n) is 4.79. The van der Waals surface area contributed by atoms with Crippen LogP contribution in [0.1, 0.15) is 12.8 Å². The minimum atomic E-state index is 0.506. The number of hydrazine groups is 1. The molecule has 0 aliphatic carbocycles. The van der Waals surface area contributed by atoms with E-state index in [2.05, 4.69) is 15.6 Å². The fourth-order valence-electron chi connectivity index (χ4n) is 2.34. The Bertz CT molecular complexity index is 200. The number of rotatable bonds is 1. The number of nitrogens with zero attached hydrogens (tertiary/aromatic N) is 1. The van der Waals surface area contributed by atoms with E-state index in [1.807, 2.05) is 0 Å². The summed E-state index contributed by atoms with van der Waals surface area (Å²) in [7, 11) is 0. The van der Waals surface area contributed by atoms with Crippen molar-refractivity contribution in [1.82, 2.24) is 15.6 Å². The lowest BCUT2D eigenvalue weighted by Crippen LogP contribution is -2.59. The van der Waals surface area contributed by atoms with Crippen LogP contribution in [0, 0.1) is 5.92 Å². The summed E-state index contributed by atoms with van der Waals surface area (Å²) in [5.41, 5.74) is 2.47. The van der Waals surface area contributed by atoms with Gasteiger partial charge in [-0.25, -0.2) is 5.84 Å². The van der Waals surface area contributed by atoms with Gasteiger partial charge < -0.3 is 15.6 Å². The molecule has 0 saturated carbocycles. The quantitative estimate of drug-likeness (QED) is 0.300. The maximum atomic E-state index is 5.22. The van der Waals surface area contributed by atoms with E-state index in [4.69, 9.17) is 18.1 Å². The van der Waals surface area contributed by atoms with Crippen molar-refractivity contribution < 1.29 is 0 Å². The van der Waals surface area contributed by atoms with Crippen molar-refractivity contribution in [3.63, 3.8) is 0 Å². The summed E-state index contributed by atoms with van der Waals surface area (Å²) in [6, 6.07) is 0.506. The van der Waals surface area contributed by atoms with Gasteiger partial charge in [0.05, 0.1) is 0 Å². The van der Waals surface area contributed by atoms with E-state index in [0.717, 1.165) is 12.5 Å². The number of piperidine rings is 3. The molecule has 3 fully saturated rings. The Morgan fingerprint density at radius 2 is 2.08 bits per heavy atom. The Morgan fingerprint density at radius 1 is 1.38 bits per heavy atom. The first kappa shape index (κ1) is 9.18. The van der Waals surface area contributed by atoms with Gasteiger partial charge in [0.25, 0.3) is 0 Å². The fourth-order valence-corrected chi connectivity index (χ4v) is 2.49. The van der Waals surface area contributed by atoms with Crippen molar-refractivity contribution in [2.75, 3.05) is 19.6 Å². The summed E-state index contributed by atoms with van der Waals surface area (Å²) in [5, 5.41) is 3.82. The minimum Gasteiger partial charge on any atom is -0.357 e. The summed E-state index contributed by atoms with van der Waals surface area (Å²) in [5.74, 6) is 6.01. The largest absolute Gasteiger partial charge is 0.357 e. The first-order chi connectivity index (χ1) is 6.29. The highest BCUT2D eigenvalue weighted by molar-refractivity contribution is 7.80. The van der Waals surface area contributed by atoms with Crippen LogP contribution in [0.4, 0.5) is 0 Å². The van der Waals surface area contributed by atoms with Crippen LogP contribution >= 0.6 is 12.2 Å². The van der Waals surface area contributed by atoms with E-state index in [1.165, 1.54) is 25.9 Å². The summed E-state index contributed by atoms with van der Waals surface area (Å²) in [4.78, 5) is 2.48. The van der Waals surface area contributed by atoms with E-state index in [0.29, 0.717) is 11.2 Å². The molecule has 0 aromatic carbocycles. The van der Waals surface area contributed by atoms with Crippen LogP contribution in [-0.2, 0) is 0 Å². The van der Waals surface area contributed by atoms with E-state index >= 15 is 0 Å². The van der Waals surface area contributed by atoms with Crippen molar-refractivity contribution in [3.05, 3.63) is 0 Å². The molecule has 3 heterocycles. The van der Waals surface area contributed by atoms with Gasteiger partial charge in [-0.1, -0.05) is 0 Å². The molecule has 0 amide bonds. The summed E-state index contributed by atoms with van der Waals surface area (Å²) in [6.45, 7) is 3.63. The number of thiocarbonyl (C=S) groups is 1. The lowest BCUT2D eigenvalue weighted by atomic mass is 9.84. The number of hydrogen-bond donors (Lipinski definition) is 3. The van der Waals surface area contributed by atoms with Crippen LogP contribution in [0.15, 0.2) is 0 Å². The van der Waals surface area contributed by atoms with E-state index in [9.17, 15) is 0 Å². The third-order valence-electron chi connectivity index (χ3n) is 3.10. The van der Waals surface area contributed by atoms with Gasteiger partial charge in [0, 0.05) is 12.6 Å². The molecule has 0 aromatic heterocycles. The lowest BCUT2D eigenvalue weighted by Gasteiger charge is -2.45. The SMILES string of the molecule is NNC(=S)NC1CN2CCC1CC2. The number of hydrogen-bond acceptors (Lipinski definition) is 3. The van der Waals surface area contributed by atoms with Crippen LogP contribution in [0.25, 0.3) is 0 Å². The molecule has 3 saturated heterocycles. The van der Waals surface area contributed by atoms with Crippen molar-refractivity contribution in [3.8, 4) is 0 Å². The molecule has 4 nitrogen and oxygen atoms in total. The van der Waals surface area contributed by atoms with Gasteiger partial charge in [-0.2, -0.15) is 0 Å². The van der Waals surface area contributed by atoms with Crippen LogP contribution in [0.2, 0.25) is 0 Å². The van der Waals surface area contributed by atoms with Crippen molar-refractivity contribution >= 4 is 17.3 Å². The number of fused-ring (bicyclic) bond motifs is 3. The fraction of sp³-hybridized carbons (Fsp3) is 0.875. The zero-order valence-electron chi connectivity index (χ0n) is 7.62. The highest BCUT2D eigenvalue weighted by atomic mass is 32.1. The number of nitrogens with one attached hydrogen (secondary N) is 2. The molecule has 1 unspecified atom stereocenters. The normalized spacial score (nSPS) is 37.2. The minimum absolute atomic E-state index is 0.506. The van der Waals surface area contributed by atoms with Gasteiger partial charge in [0.15, 0.2) is 5.11 Å². The Morgan fingerprint density at radius 3 is 2.54 bits per heavy atom. The zero-order valence-corrected chi connectivity index (χ0v) is 8.44. The van der Waals surface area contributed by atoms with Gasteiger partial charge in [-0.05, 0) is 44.1 Å². The molecule has 5 heteroatoms. The van der Waals surface area contributed by atoms with Crippen LogP contribution in [0.3, 0.4) is 0 Å². The average Bonchev–Trinajstić information content (AvgIpc) is 2.19. The molecule has 3 aliphatic rings. The smallest absolute Gasteiger partial charge is 0.180 e. The summed E-state index contributed by atoms with van der Waals surface area (Å²) in [6.07, 6.45) is 2.59. The van der Waals surface area contributed by atoms with Gasteiger partial charge in [0.1, 0.15) is 0 Å². The van der Waals surface area contributed by atoms with Crippen molar-refractivity contribution in [1.29, 1.82) is 0 Å². The Kier molecular flexibility index (Phi) is 2.66. The van der Waals surface area contributed by atoms with Crippen molar-refractivity contribution in [2.45, 2.75) is 18.9 Å². The molecule has 2 bridgehead atoms. The average molecular weight is 200 g/mol. The van der Waals surface area contributed by atoms with Gasteiger partial charge >= 0.3 is 0 Å². The maximum absolute atomic E-state index is 5.22. The third kappa shape index (κ3) is 1.92. The van der Waals surface area contributed by atoms with E-state index in [1.54, 1.807) is 0 Å². The van der Waals surface area contributed by atoms with Gasteiger partial charge in [-0.3, -0.25) is 0 Å². The topological polar surface area (TPSA) is 53.3 Å². The molecule has 3 rings (SSSR count). The van der Waals surface area contributed by atoms with Crippen molar-refractivity contribution in [2.24, 2.45) is 11.8 Å². The highest BCUT2D eigenvalue weighted by Gasteiger charge is 2.34. The molecular formula is C8H16N4S. The van der Waals surface area contributed by atoms with Gasteiger partial charge in [0.2, 0.25) is 0 Å². The van der Waals surface area contributed by atoms with E-state index in [-0.39, 0.29) is 0 Å². The zero-order chi connectivity index (χ0) is 9.26. The Balaban J connectivity index is 1.90. The second-order valence-electron chi connectivity index (χ2n) is 3.86. The monoisotopic (exact) mass is 200 g/mol. The summed E-state index contributed by atoms with van der Waals surface area (Å²) < 4.78 is 0. The predicted octanol–water partition coefficient (Wildman–Crippen LogP) is -0.582. The van der Waals surface area contributed by atoms with Crippen LogP contribution in [0.5, 0.6) is 0 Å². The molecule has 3 aliphatic heterocycles. The van der Waals surface area contributed by atoms with Crippen LogP contribution < -0.4 is 16.6 Å². The molecule has 13 heavy (non-hydrogen) atoms. The Hall–Kier alpha value is -0.390. The molecular weight excluding hydrogens is 184 g/mol. The molecule has 74 valence electrons. The van der Waals surface area contributed by atoms with Gasteiger partial charge in [-0.15, -0.1) is 0 Å². The molecule has 0 spiro atoms. The second-order valence-corrected chi connectivity index (χ2v) is 4.27. The maximum Gasteiger partial charge on any atom is 0.180 e. The predicted molar refractivity (Wildman–Crippen MR) is 56.0 cm³/mol.